The van der Waals surface area contributed by atoms with Gasteiger partial charge in [-0.3, -0.25) is 14.4 Å². The van der Waals surface area contributed by atoms with Gasteiger partial charge in [0.05, 0.1) is 11.3 Å². The van der Waals surface area contributed by atoms with Gasteiger partial charge in [0.2, 0.25) is 11.4 Å². The number of benzene rings is 3. The Morgan fingerprint density at radius 3 is 2.24 bits per heavy atom. The van der Waals surface area contributed by atoms with Gasteiger partial charge in [0, 0.05) is 31.1 Å². The minimum atomic E-state index is -1.62. The number of ether oxygens (including phenoxy) is 1. The van der Waals surface area contributed by atoms with Gasteiger partial charge in [-0.25, -0.2) is 0 Å². The molecule has 166 valence electrons. The summed E-state index contributed by atoms with van der Waals surface area (Å²) >= 11 is 0. The van der Waals surface area contributed by atoms with Gasteiger partial charge in [0.1, 0.15) is 0 Å². The minimum Gasteiger partial charge on any atom is -0.439 e. The number of esters is 1. The number of carbonyl (C=O) groups excluding carboxylic acids is 3. The molecule has 2 aliphatic rings. The smallest absolute Gasteiger partial charge is 0.304 e. The number of carbonyl (C=O) groups is 3. The molecule has 0 amide bonds. The van der Waals surface area contributed by atoms with Gasteiger partial charge in [-0.15, -0.1) is 0 Å². The number of likely N-dealkylation sites (tertiary alicyclic amines) is 1. The number of hydrogen-bond donors (Lipinski definition) is 0. The summed E-state index contributed by atoms with van der Waals surface area (Å²) in [6.45, 7) is 2.73. The molecule has 3 aromatic rings. The molecule has 1 unspecified atom stereocenters. The van der Waals surface area contributed by atoms with Crippen LogP contribution in [-0.4, -0.2) is 35.5 Å². The molecule has 0 radical (unpaired) electrons. The zero-order valence-electron chi connectivity index (χ0n) is 18.5. The van der Waals surface area contributed by atoms with Crippen molar-refractivity contribution in [1.82, 2.24) is 4.90 Å². The molecule has 5 nitrogen and oxygen atoms in total. The first-order valence-corrected chi connectivity index (χ1v) is 11.4. The van der Waals surface area contributed by atoms with E-state index in [0.717, 1.165) is 30.0 Å². The summed E-state index contributed by atoms with van der Waals surface area (Å²) in [7, 11) is 0. The van der Waals surface area contributed by atoms with Crippen LogP contribution >= 0.6 is 0 Å². The van der Waals surface area contributed by atoms with Crippen LogP contribution in [0.2, 0.25) is 0 Å². The van der Waals surface area contributed by atoms with E-state index >= 15 is 0 Å². The molecule has 0 aromatic heterocycles. The maximum Gasteiger partial charge on any atom is 0.304 e. The van der Waals surface area contributed by atoms with Gasteiger partial charge >= 0.3 is 5.97 Å². The van der Waals surface area contributed by atoms with Gasteiger partial charge in [-0.05, 0) is 30.0 Å². The second-order valence-corrected chi connectivity index (χ2v) is 8.60. The van der Waals surface area contributed by atoms with Crippen LogP contribution < -0.4 is 0 Å². The molecule has 33 heavy (non-hydrogen) atoms. The number of fused-ring (bicyclic) bond motifs is 1. The summed E-state index contributed by atoms with van der Waals surface area (Å²) < 4.78 is 5.92. The van der Waals surface area contributed by atoms with Gasteiger partial charge in [-0.1, -0.05) is 72.8 Å². The highest BCUT2D eigenvalue weighted by Crippen LogP contribution is 2.51. The lowest BCUT2D eigenvalue weighted by Gasteiger charge is -2.48. The van der Waals surface area contributed by atoms with Gasteiger partial charge < -0.3 is 9.64 Å². The Kier molecular flexibility index (Phi) is 5.33. The normalized spacial score (nSPS) is 20.5. The van der Waals surface area contributed by atoms with Crippen LogP contribution in [0.25, 0.3) is 10.8 Å². The average Bonchev–Trinajstić information content (AvgIpc) is 2.85. The summed E-state index contributed by atoms with van der Waals surface area (Å²) in [5.74, 6) is -1.34. The number of ketones is 2. The van der Waals surface area contributed by atoms with Crippen LogP contribution in [0.3, 0.4) is 0 Å². The van der Waals surface area contributed by atoms with Gasteiger partial charge in [0.25, 0.3) is 0 Å². The van der Waals surface area contributed by atoms with Crippen LogP contribution in [0.1, 0.15) is 42.1 Å². The van der Waals surface area contributed by atoms with E-state index in [1.165, 1.54) is 6.92 Å². The summed E-state index contributed by atoms with van der Waals surface area (Å²) in [6, 6.07) is 22.2. The quantitative estimate of drug-likeness (QED) is 0.325. The third kappa shape index (κ3) is 3.35. The fourth-order valence-corrected chi connectivity index (χ4v) is 5.09. The molecule has 0 saturated carbocycles. The van der Waals surface area contributed by atoms with E-state index < -0.39 is 17.4 Å². The van der Waals surface area contributed by atoms with E-state index in [0.29, 0.717) is 29.9 Å². The first kappa shape index (κ1) is 21.1. The second kappa shape index (κ2) is 8.32. The Bertz CT molecular complexity index is 1280. The van der Waals surface area contributed by atoms with Crippen molar-refractivity contribution in [3.8, 4) is 0 Å². The highest BCUT2D eigenvalue weighted by molar-refractivity contribution is 6.35. The third-order valence-electron chi connectivity index (χ3n) is 6.52. The molecular formula is C28H25NO4. The predicted octanol–water partition coefficient (Wildman–Crippen LogP) is 4.80. The molecule has 1 heterocycles. The van der Waals surface area contributed by atoms with Crippen LogP contribution in [0.15, 0.2) is 84.1 Å². The molecule has 3 aromatic carbocycles. The summed E-state index contributed by atoms with van der Waals surface area (Å²) in [6.07, 6.45) is 3.00. The lowest BCUT2D eigenvalue weighted by molar-refractivity contribution is -0.166. The number of rotatable bonds is 5. The zero-order valence-corrected chi connectivity index (χ0v) is 18.5. The number of hydrogen-bond acceptors (Lipinski definition) is 5. The fourth-order valence-electron chi connectivity index (χ4n) is 5.09. The van der Waals surface area contributed by atoms with Gasteiger partial charge in [0.15, 0.2) is 5.78 Å². The SMILES string of the molecule is CC(=O)OC1(c2cccc3ccccc23)C(=O)C(C(=O)c2ccccc2)=C1N1CCCCC1. The topological polar surface area (TPSA) is 63.7 Å². The highest BCUT2D eigenvalue weighted by atomic mass is 16.6. The summed E-state index contributed by atoms with van der Waals surface area (Å²) in [5.41, 5.74) is 0.0738. The summed E-state index contributed by atoms with van der Waals surface area (Å²) in [4.78, 5) is 41.9. The van der Waals surface area contributed by atoms with Crippen LogP contribution in [-0.2, 0) is 19.9 Å². The molecule has 1 fully saturated rings. The molecule has 0 N–H and O–H groups in total. The van der Waals surface area contributed by atoms with E-state index in [9.17, 15) is 14.4 Å². The van der Waals surface area contributed by atoms with E-state index in [2.05, 4.69) is 4.90 Å². The molecule has 1 aliphatic heterocycles. The Balaban J connectivity index is 1.78. The molecular weight excluding hydrogens is 414 g/mol. The van der Waals surface area contributed by atoms with Crippen LogP contribution in [0, 0.1) is 0 Å². The van der Waals surface area contributed by atoms with Crippen LogP contribution in [0.5, 0.6) is 0 Å². The van der Waals surface area contributed by atoms with Crippen molar-refractivity contribution in [2.24, 2.45) is 0 Å². The predicted molar refractivity (Wildman–Crippen MR) is 126 cm³/mol. The fraction of sp³-hybridized carbons (Fsp3) is 0.250. The van der Waals surface area contributed by atoms with E-state index in [1.54, 1.807) is 24.3 Å². The van der Waals surface area contributed by atoms with Crippen molar-refractivity contribution in [3.63, 3.8) is 0 Å². The standard InChI is InChI=1S/C28H25NO4/c1-19(30)33-28(23-16-10-14-20-11-6-7-15-22(20)23)26(29-17-8-3-9-18-29)24(27(28)32)25(31)21-12-4-2-5-13-21/h2,4-7,10-16H,3,8-9,17-18H2,1H3. The zero-order chi connectivity index (χ0) is 23.0. The van der Waals surface area contributed by atoms with E-state index in [-0.39, 0.29) is 11.4 Å². The van der Waals surface area contributed by atoms with Crippen molar-refractivity contribution in [2.75, 3.05) is 13.1 Å². The highest BCUT2D eigenvalue weighted by Gasteiger charge is 2.62. The second-order valence-electron chi connectivity index (χ2n) is 8.60. The number of nitrogens with zero attached hydrogens (tertiary/aromatic N) is 1. The van der Waals surface area contributed by atoms with Crippen molar-refractivity contribution in [3.05, 3.63) is 95.2 Å². The van der Waals surface area contributed by atoms with Crippen molar-refractivity contribution in [2.45, 2.75) is 31.8 Å². The van der Waals surface area contributed by atoms with Crippen molar-refractivity contribution in [1.29, 1.82) is 0 Å². The third-order valence-corrected chi connectivity index (χ3v) is 6.52. The van der Waals surface area contributed by atoms with E-state index in [1.807, 2.05) is 48.5 Å². The molecule has 1 aliphatic carbocycles. The average molecular weight is 440 g/mol. The van der Waals surface area contributed by atoms with E-state index in [4.69, 9.17) is 4.74 Å². The first-order chi connectivity index (χ1) is 16.0. The Morgan fingerprint density at radius 1 is 0.848 bits per heavy atom. The minimum absolute atomic E-state index is 0.122. The Morgan fingerprint density at radius 2 is 1.52 bits per heavy atom. The lowest BCUT2D eigenvalue weighted by atomic mass is 9.67. The number of Topliss-reactive ketones (excluding diaryl/α,β-unsaturated/α-hetero) is 2. The maximum atomic E-state index is 13.9. The Labute approximate surface area is 192 Å². The Hall–Kier alpha value is -3.73. The molecule has 0 bridgehead atoms. The largest absolute Gasteiger partial charge is 0.439 e. The molecule has 1 atom stereocenters. The molecule has 1 saturated heterocycles. The molecule has 5 rings (SSSR count). The first-order valence-electron chi connectivity index (χ1n) is 11.4. The maximum absolute atomic E-state index is 13.9. The summed E-state index contributed by atoms with van der Waals surface area (Å²) in [5, 5.41) is 1.77. The van der Waals surface area contributed by atoms with Gasteiger partial charge in [-0.2, -0.15) is 0 Å². The number of piperidine rings is 1. The van der Waals surface area contributed by atoms with Crippen molar-refractivity contribution < 1.29 is 19.1 Å². The van der Waals surface area contributed by atoms with Crippen molar-refractivity contribution >= 4 is 28.3 Å². The lowest BCUT2D eigenvalue weighted by Crippen LogP contribution is -2.58. The van der Waals surface area contributed by atoms with Crippen LogP contribution in [0.4, 0.5) is 0 Å². The molecule has 5 heteroatoms. The monoisotopic (exact) mass is 439 g/mol. The molecule has 0 spiro atoms.